The Balaban J connectivity index is 3.08. The summed E-state index contributed by atoms with van der Waals surface area (Å²) < 4.78 is 1.03. The summed E-state index contributed by atoms with van der Waals surface area (Å²) in [6.07, 6.45) is 0. The van der Waals surface area contributed by atoms with Crippen LogP contribution in [0.5, 0.6) is 0 Å². The molecular formula is C7H6Br. The van der Waals surface area contributed by atoms with E-state index >= 15 is 0 Å². The van der Waals surface area contributed by atoms with Gasteiger partial charge in [0.15, 0.2) is 0 Å². The monoisotopic (exact) mass is 169 g/mol. The minimum Gasteiger partial charge on any atom is -0.0608 e. The molecule has 0 nitrogen and oxygen atoms in total. The summed E-state index contributed by atoms with van der Waals surface area (Å²) in [5.74, 6) is 0. The predicted octanol–water partition coefficient (Wildman–Crippen LogP) is 2.56. The lowest BCUT2D eigenvalue weighted by atomic mass is 10.2. The summed E-state index contributed by atoms with van der Waals surface area (Å²) in [6, 6.07) is 9.07. The van der Waals surface area contributed by atoms with Gasteiger partial charge in [0.2, 0.25) is 0 Å². The lowest BCUT2D eigenvalue weighted by Crippen LogP contribution is -1.68. The van der Waals surface area contributed by atoms with Crippen LogP contribution in [0.3, 0.4) is 0 Å². The first kappa shape index (κ1) is 5.83. The first-order valence-electron chi connectivity index (χ1n) is 2.43. The largest absolute Gasteiger partial charge is 0.0608 e. The van der Waals surface area contributed by atoms with Gasteiger partial charge in [0.1, 0.15) is 0 Å². The number of aryl methyl sites for hydroxylation is 1. The van der Waals surface area contributed by atoms with Gasteiger partial charge in [0.05, 0.1) is 0 Å². The highest BCUT2D eigenvalue weighted by molar-refractivity contribution is 9.10. The van der Waals surface area contributed by atoms with Gasteiger partial charge in [-0.2, -0.15) is 0 Å². The number of hydrogen-bond donors (Lipinski definition) is 0. The molecule has 1 aromatic carbocycles. The molecule has 0 aliphatic heterocycles. The molecule has 0 saturated carbocycles. The molecule has 0 N–H and O–H groups in total. The van der Waals surface area contributed by atoms with Gasteiger partial charge in [-0.1, -0.05) is 28.1 Å². The fourth-order valence-electron chi connectivity index (χ4n) is 0.549. The molecule has 0 fully saturated rings. The molecule has 0 aliphatic carbocycles. The fourth-order valence-corrected chi connectivity index (χ4v) is 1.01. The van der Waals surface area contributed by atoms with E-state index in [1.165, 1.54) is 5.56 Å². The van der Waals surface area contributed by atoms with Crippen LogP contribution in [0.25, 0.3) is 0 Å². The average Bonchev–Trinajstić information content (AvgIpc) is 1.64. The van der Waals surface area contributed by atoms with Gasteiger partial charge in [-0.25, -0.2) is 0 Å². The third-order valence-electron chi connectivity index (χ3n) is 0.905. The van der Waals surface area contributed by atoms with Crippen LogP contribution in [0.4, 0.5) is 0 Å². The first-order chi connectivity index (χ1) is 3.79. The minimum absolute atomic E-state index is 1.03. The van der Waals surface area contributed by atoms with E-state index in [1.807, 2.05) is 25.1 Å². The number of benzene rings is 1. The van der Waals surface area contributed by atoms with Gasteiger partial charge in [-0.15, -0.1) is 0 Å². The van der Waals surface area contributed by atoms with Crippen LogP contribution in [-0.4, -0.2) is 0 Å². The molecule has 1 heteroatoms. The Bertz CT molecular complexity index is 164. The second-order valence-electron chi connectivity index (χ2n) is 1.68. The van der Waals surface area contributed by atoms with Gasteiger partial charge in [0, 0.05) is 10.5 Å². The number of halogens is 1. The van der Waals surface area contributed by atoms with E-state index in [4.69, 9.17) is 0 Å². The summed E-state index contributed by atoms with van der Waals surface area (Å²) in [6.45, 7) is 2.02. The van der Waals surface area contributed by atoms with E-state index in [0.717, 1.165) is 4.47 Å². The van der Waals surface area contributed by atoms with Crippen molar-refractivity contribution in [2.45, 2.75) is 6.92 Å². The predicted molar refractivity (Wildman–Crippen MR) is 37.7 cm³/mol. The highest BCUT2D eigenvalue weighted by Crippen LogP contribution is 2.08. The molecule has 1 rings (SSSR count). The van der Waals surface area contributed by atoms with E-state index in [2.05, 4.69) is 22.0 Å². The molecule has 41 valence electrons. The van der Waals surface area contributed by atoms with Crippen molar-refractivity contribution in [2.24, 2.45) is 0 Å². The van der Waals surface area contributed by atoms with Crippen LogP contribution >= 0.6 is 15.9 Å². The topological polar surface area (TPSA) is 0 Å². The van der Waals surface area contributed by atoms with Gasteiger partial charge in [-0.05, 0) is 18.6 Å². The molecule has 0 spiro atoms. The van der Waals surface area contributed by atoms with Crippen LogP contribution in [0.15, 0.2) is 22.7 Å². The van der Waals surface area contributed by atoms with Crippen molar-refractivity contribution in [1.82, 2.24) is 0 Å². The molecule has 0 amide bonds. The SMILES string of the molecule is Cc1[c]c(Br)ccc1. The van der Waals surface area contributed by atoms with Crippen LogP contribution in [0.2, 0.25) is 0 Å². The van der Waals surface area contributed by atoms with E-state index in [0.29, 0.717) is 0 Å². The third kappa shape index (κ3) is 1.34. The fraction of sp³-hybridized carbons (Fsp3) is 0.143. The van der Waals surface area contributed by atoms with Crippen molar-refractivity contribution in [3.8, 4) is 0 Å². The zero-order valence-electron chi connectivity index (χ0n) is 4.61. The lowest BCUT2D eigenvalue weighted by Gasteiger charge is -1.88. The normalized spacial score (nSPS) is 9.25. The molecule has 0 heterocycles. The van der Waals surface area contributed by atoms with Gasteiger partial charge in [-0.3, -0.25) is 0 Å². The van der Waals surface area contributed by atoms with Crippen molar-refractivity contribution in [3.05, 3.63) is 34.3 Å². The molecule has 0 unspecified atom stereocenters. The summed E-state index contributed by atoms with van der Waals surface area (Å²) in [5, 5.41) is 0. The summed E-state index contributed by atoms with van der Waals surface area (Å²) >= 11 is 3.31. The highest BCUT2D eigenvalue weighted by atomic mass is 79.9. The van der Waals surface area contributed by atoms with Crippen molar-refractivity contribution in [1.29, 1.82) is 0 Å². The maximum absolute atomic E-state index is 3.31. The zero-order valence-corrected chi connectivity index (χ0v) is 6.20. The highest BCUT2D eigenvalue weighted by Gasteiger charge is 1.83. The van der Waals surface area contributed by atoms with E-state index in [9.17, 15) is 0 Å². The Morgan fingerprint density at radius 2 is 2.25 bits per heavy atom. The third-order valence-corrected chi connectivity index (χ3v) is 1.37. The van der Waals surface area contributed by atoms with Crippen LogP contribution in [-0.2, 0) is 0 Å². The van der Waals surface area contributed by atoms with Crippen molar-refractivity contribution in [3.63, 3.8) is 0 Å². The van der Waals surface area contributed by atoms with Gasteiger partial charge < -0.3 is 0 Å². The maximum Gasteiger partial charge on any atom is 0.0256 e. The number of rotatable bonds is 0. The van der Waals surface area contributed by atoms with Crippen LogP contribution < -0.4 is 0 Å². The zero-order chi connectivity index (χ0) is 5.98. The van der Waals surface area contributed by atoms with Crippen molar-refractivity contribution in [2.75, 3.05) is 0 Å². The Hall–Kier alpha value is -0.300. The molecule has 0 saturated heterocycles. The molecule has 0 aliphatic rings. The summed E-state index contributed by atoms with van der Waals surface area (Å²) in [5.41, 5.74) is 1.17. The summed E-state index contributed by atoms with van der Waals surface area (Å²) in [7, 11) is 0. The molecule has 1 aromatic rings. The van der Waals surface area contributed by atoms with E-state index in [1.54, 1.807) is 0 Å². The van der Waals surface area contributed by atoms with Crippen molar-refractivity contribution >= 4 is 15.9 Å². The molecule has 0 bridgehead atoms. The Kier molecular flexibility index (Phi) is 1.69. The first-order valence-corrected chi connectivity index (χ1v) is 3.23. The number of hydrogen-bond acceptors (Lipinski definition) is 0. The Morgan fingerprint density at radius 3 is 2.62 bits per heavy atom. The van der Waals surface area contributed by atoms with Gasteiger partial charge in [0.25, 0.3) is 0 Å². The standard InChI is InChI=1S/C7H6Br/c1-6-3-2-4-7(8)5-6/h2-4H,1H3. The van der Waals surface area contributed by atoms with E-state index in [-0.39, 0.29) is 0 Å². The molecule has 8 heavy (non-hydrogen) atoms. The molecule has 1 radical (unpaired) electrons. The molecule has 0 atom stereocenters. The van der Waals surface area contributed by atoms with Gasteiger partial charge >= 0.3 is 0 Å². The molecular weight excluding hydrogens is 164 g/mol. The minimum atomic E-state index is 1.03. The Morgan fingerprint density at radius 1 is 1.50 bits per heavy atom. The second kappa shape index (κ2) is 2.31. The second-order valence-corrected chi connectivity index (χ2v) is 2.54. The summed E-state index contributed by atoms with van der Waals surface area (Å²) in [4.78, 5) is 0. The van der Waals surface area contributed by atoms with E-state index < -0.39 is 0 Å². The quantitative estimate of drug-likeness (QED) is 0.561. The van der Waals surface area contributed by atoms with Crippen molar-refractivity contribution < 1.29 is 0 Å². The van der Waals surface area contributed by atoms with Crippen LogP contribution in [0.1, 0.15) is 5.56 Å². The van der Waals surface area contributed by atoms with Crippen LogP contribution in [0, 0.1) is 13.0 Å². The smallest absolute Gasteiger partial charge is 0.0256 e. The Labute approximate surface area is 57.7 Å². The molecule has 0 aromatic heterocycles. The average molecular weight is 170 g/mol. The lowest BCUT2D eigenvalue weighted by molar-refractivity contribution is 1.44. The maximum atomic E-state index is 3.31.